The zero-order valence-electron chi connectivity index (χ0n) is 10.6. The predicted octanol–water partition coefficient (Wildman–Crippen LogP) is 3.08. The minimum atomic E-state index is 0.365. The van der Waals surface area contributed by atoms with Gasteiger partial charge in [-0.2, -0.15) is 4.98 Å². The van der Waals surface area contributed by atoms with Crippen molar-refractivity contribution in [3.05, 3.63) is 35.4 Å². The van der Waals surface area contributed by atoms with Gasteiger partial charge in [0.25, 0.3) is 0 Å². The van der Waals surface area contributed by atoms with Crippen LogP contribution < -0.4 is 20.5 Å². The second kappa shape index (κ2) is 5.67. The number of hydrogen-bond acceptors (Lipinski definition) is 5. The maximum Gasteiger partial charge on any atom is 0.238 e. The van der Waals surface area contributed by atoms with Gasteiger partial charge in [-0.1, -0.05) is 11.6 Å². The first-order chi connectivity index (χ1) is 9.13. The number of ether oxygens (including phenoxy) is 2. The van der Waals surface area contributed by atoms with Crippen molar-refractivity contribution in [1.29, 1.82) is 0 Å². The summed E-state index contributed by atoms with van der Waals surface area (Å²) < 4.78 is 10.2. The van der Waals surface area contributed by atoms with E-state index in [1.54, 1.807) is 37.4 Å². The van der Waals surface area contributed by atoms with Crippen molar-refractivity contribution in [2.75, 3.05) is 25.3 Å². The molecular weight excluding hydrogens is 266 g/mol. The van der Waals surface area contributed by atoms with Crippen LogP contribution in [0.25, 0.3) is 0 Å². The fourth-order valence-corrected chi connectivity index (χ4v) is 1.71. The van der Waals surface area contributed by atoms with E-state index in [1.807, 2.05) is 0 Å². The van der Waals surface area contributed by atoms with Gasteiger partial charge in [0.05, 0.1) is 30.6 Å². The van der Waals surface area contributed by atoms with Gasteiger partial charge >= 0.3 is 0 Å². The second-order valence-corrected chi connectivity index (χ2v) is 4.17. The highest BCUT2D eigenvalue weighted by atomic mass is 35.5. The number of nitrogens with one attached hydrogen (secondary N) is 1. The summed E-state index contributed by atoms with van der Waals surface area (Å²) in [7, 11) is 3.11. The third-order valence-electron chi connectivity index (χ3n) is 2.52. The first-order valence-corrected chi connectivity index (χ1v) is 5.93. The smallest absolute Gasteiger partial charge is 0.238 e. The summed E-state index contributed by atoms with van der Waals surface area (Å²) in [5.74, 6) is 1.65. The molecule has 100 valence electrons. The van der Waals surface area contributed by atoms with Crippen molar-refractivity contribution in [3.8, 4) is 11.6 Å². The van der Waals surface area contributed by atoms with E-state index in [1.165, 1.54) is 7.11 Å². The van der Waals surface area contributed by atoms with Gasteiger partial charge in [0, 0.05) is 6.07 Å². The van der Waals surface area contributed by atoms with E-state index in [-0.39, 0.29) is 0 Å². The summed E-state index contributed by atoms with van der Waals surface area (Å²) in [5, 5.41) is 3.66. The minimum absolute atomic E-state index is 0.365. The lowest BCUT2D eigenvalue weighted by atomic mass is 10.3. The molecular formula is C13H14ClN3O2. The monoisotopic (exact) mass is 279 g/mol. The average Bonchev–Trinajstić information content (AvgIpc) is 2.43. The molecule has 0 saturated carbocycles. The van der Waals surface area contributed by atoms with Crippen molar-refractivity contribution >= 4 is 28.8 Å². The van der Waals surface area contributed by atoms with Gasteiger partial charge < -0.3 is 20.5 Å². The predicted molar refractivity (Wildman–Crippen MR) is 76.5 cm³/mol. The van der Waals surface area contributed by atoms with E-state index in [4.69, 9.17) is 26.8 Å². The fourth-order valence-electron chi connectivity index (χ4n) is 1.55. The maximum atomic E-state index is 6.11. The SMILES string of the molecule is COc1ccc(Cl)c(Nc2ccc(N)c(OC)n2)c1. The number of pyridine rings is 1. The molecule has 1 aromatic heterocycles. The normalized spacial score (nSPS) is 10.1. The highest BCUT2D eigenvalue weighted by Gasteiger charge is 2.06. The van der Waals surface area contributed by atoms with Gasteiger partial charge in [0.1, 0.15) is 11.6 Å². The van der Waals surface area contributed by atoms with Crippen molar-refractivity contribution in [2.24, 2.45) is 0 Å². The maximum absolute atomic E-state index is 6.11. The summed E-state index contributed by atoms with van der Waals surface area (Å²) in [6, 6.07) is 8.77. The molecule has 0 radical (unpaired) electrons. The standard InChI is InChI=1S/C13H14ClN3O2/c1-18-8-3-4-9(14)11(7-8)16-12-6-5-10(15)13(17-12)19-2/h3-7H,15H2,1-2H3,(H,16,17). The Bertz CT molecular complexity index is 590. The van der Waals surface area contributed by atoms with Crippen LogP contribution in [0.15, 0.2) is 30.3 Å². The van der Waals surface area contributed by atoms with E-state index in [0.29, 0.717) is 33.8 Å². The zero-order valence-corrected chi connectivity index (χ0v) is 11.4. The Labute approximate surface area is 116 Å². The van der Waals surface area contributed by atoms with E-state index >= 15 is 0 Å². The topological polar surface area (TPSA) is 69.4 Å². The molecule has 0 saturated heterocycles. The van der Waals surface area contributed by atoms with Crippen LogP contribution in [0.3, 0.4) is 0 Å². The number of benzene rings is 1. The molecule has 1 heterocycles. The largest absolute Gasteiger partial charge is 0.497 e. The quantitative estimate of drug-likeness (QED) is 0.900. The van der Waals surface area contributed by atoms with Gasteiger partial charge in [0.2, 0.25) is 5.88 Å². The van der Waals surface area contributed by atoms with Crippen molar-refractivity contribution < 1.29 is 9.47 Å². The molecule has 3 N–H and O–H groups in total. The van der Waals surface area contributed by atoms with E-state index < -0.39 is 0 Å². The Morgan fingerprint density at radius 3 is 2.63 bits per heavy atom. The molecule has 19 heavy (non-hydrogen) atoms. The number of nitrogen functional groups attached to an aromatic ring is 1. The van der Waals surface area contributed by atoms with Crippen LogP contribution in [0.4, 0.5) is 17.2 Å². The Balaban J connectivity index is 2.30. The molecule has 0 aliphatic rings. The van der Waals surface area contributed by atoms with Crippen LogP contribution in [0.2, 0.25) is 5.02 Å². The molecule has 0 aliphatic heterocycles. The number of halogens is 1. The van der Waals surface area contributed by atoms with Crippen molar-refractivity contribution in [1.82, 2.24) is 4.98 Å². The summed E-state index contributed by atoms with van der Waals surface area (Å²) in [6.45, 7) is 0. The molecule has 0 bridgehead atoms. The first kappa shape index (κ1) is 13.3. The van der Waals surface area contributed by atoms with E-state index in [2.05, 4.69) is 10.3 Å². The molecule has 0 fully saturated rings. The van der Waals surface area contributed by atoms with Gasteiger partial charge in [-0.05, 0) is 24.3 Å². The van der Waals surface area contributed by atoms with Gasteiger partial charge in [-0.3, -0.25) is 0 Å². The van der Waals surface area contributed by atoms with Crippen LogP contribution in [0, 0.1) is 0 Å². The summed E-state index contributed by atoms with van der Waals surface area (Å²) in [5.41, 5.74) is 6.88. The lowest BCUT2D eigenvalue weighted by Gasteiger charge is -2.11. The number of aromatic nitrogens is 1. The zero-order chi connectivity index (χ0) is 13.8. The molecule has 1 aromatic carbocycles. The second-order valence-electron chi connectivity index (χ2n) is 3.77. The Morgan fingerprint density at radius 1 is 1.16 bits per heavy atom. The number of anilines is 3. The summed E-state index contributed by atoms with van der Waals surface area (Å²) in [6.07, 6.45) is 0. The molecule has 0 aliphatic carbocycles. The van der Waals surface area contributed by atoms with Crippen molar-refractivity contribution in [3.63, 3.8) is 0 Å². The van der Waals surface area contributed by atoms with Crippen molar-refractivity contribution in [2.45, 2.75) is 0 Å². The molecule has 0 unspecified atom stereocenters. The van der Waals surface area contributed by atoms with Gasteiger partial charge in [-0.15, -0.1) is 0 Å². The lowest BCUT2D eigenvalue weighted by Crippen LogP contribution is -2.00. The lowest BCUT2D eigenvalue weighted by molar-refractivity contribution is 0.401. The number of nitrogens with two attached hydrogens (primary N) is 1. The molecule has 6 heteroatoms. The van der Waals surface area contributed by atoms with Gasteiger partial charge in [-0.25, -0.2) is 0 Å². The highest BCUT2D eigenvalue weighted by Crippen LogP contribution is 2.30. The number of hydrogen-bond donors (Lipinski definition) is 2. The van der Waals surface area contributed by atoms with Crippen LogP contribution >= 0.6 is 11.6 Å². The number of rotatable bonds is 4. The molecule has 5 nitrogen and oxygen atoms in total. The molecule has 0 spiro atoms. The molecule has 2 rings (SSSR count). The minimum Gasteiger partial charge on any atom is -0.497 e. The van der Waals surface area contributed by atoms with Crippen LogP contribution in [-0.2, 0) is 0 Å². The number of nitrogens with zero attached hydrogens (tertiary/aromatic N) is 1. The van der Waals surface area contributed by atoms with E-state index in [9.17, 15) is 0 Å². The molecule has 0 atom stereocenters. The Morgan fingerprint density at radius 2 is 1.95 bits per heavy atom. The van der Waals surface area contributed by atoms with E-state index in [0.717, 1.165) is 0 Å². The van der Waals surface area contributed by atoms with Crippen LogP contribution in [0.1, 0.15) is 0 Å². The molecule has 0 amide bonds. The highest BCUT2D eigenvalue weighted by molar-refractivity contribution is 6.33. The first-order valence-electron chi connectivity index (χ1n) is 5.55. The average molecular weight is 280 g/mol. The third kappa shape index (κ3) is 3.00. The van der Waals surface area contributed by atoms with Crippen LogP contribution in [-0.4, -0.2) is 19.2 Å². The van der Waals surface area contributed by atoms with Crippen LogP contribution in [0.5, 0.6) is 11.6 Å². The number of methoxy groups -OCH3 is 2. The summed E-state index contributed by atoms with van der Waals surface area (Å²) >= 11 is 6.11. The summed E-state index contributed by atoms with van der Waals surface area (Å²) in [4.78, 5) is 4.22. The Kier molecular flexibility index (Phi) is 3.97. The Hall–Kier alpha value is -2.14. The molecule has 2 aromatic rings. The van der Waals surface area contributed by atoms with Gasteiger partial charge in [0.15, 0.2) is 0 Å². The third-order valence-corrected chi connectivity index (χ3v) is 2.85. The fraction of sp³-hybridized carbons (Fsp3) is 0.154.